The predicted octanol–water partition coefficient (Wildman–Crippen LogP) is 2.01. The number of fused-ring (bicyclic) bond motifs is 1. The average Bonchev–Trinajstić information content (AvgIpc) is 2.62. The summed E-state index contributed by atoms with van der Waals surface area (Å²) in [5.74, 6) is 0.0629. The largest absolute Gasteiger partial charge is 0.352 e. The van der Waals surface area contributed by atoms with Gasteiger partial charge in [-0.1, -0.05) is 18.2 Å². The van der Waals surface area contributed by atoms with E-state index in [9.17, 15) is 4.79 Å². The van der Waals surface area contributed by atoms with Crippen molar-refractivity contribution in [2.24, 2.45) is 0 Å². The van der Waals surface area contributed by atoms with E-state index < -0.39 is 0 Å². The average molecular weight is 243 g/mol. The van der Waals surface area contributed by atoms with Gasteiger partial charge in [-0.05, 0) is 32.3 Å². The number of aryl methyl sites for hydroxylation is 1. The molecule has 0 bridgehead atoms. The summed E-state index contributed by atoms with van der Waals surface area (Å²) in [5.41, 5.74) is 2.00. The lowest BCUT2D eigenvalue weighted by Gasteiger charge is -2.26. The summed E-state index contributed by atoms with van der Waals surface area (Å²) < 4.78 is 1.79. The SMILES string of the molecule is Cc1nn(CC(=O)NC2CCC2)c2ccccc12. The summed E-state index contributed by atoms with van der Waals surface area (Å²) >= 11 is 0. The monoisotopic (exact) mass is 243 g/mol. The van der Waals surface area contributed by atoms with E-state index in [1.807, 2.05) is 31.2 Å². The van der Waals surface area contributed by atoms with Crippen LogP contribution in [0.4, 0.5) is 0 Å². The van der Waals surface area contributed by atoms with Crippen LogP contribution in [0, 0.1) is 6.92 Å². The van der Waals surface area contributed by atoms with E-state index in [0.29, 0.717) is 12.6 Å². The van der Waals surface area contributed by atoms with Crippen LogP contribution in [0.15, 0.2) is 24.3 Å². The summed E-state index contributed by atoms with van der Waals surface area (Å²) in [6.07, 6.45) is 3.46. The van der Waals surface area contributed by atoms with Gasteiger partial charge in [0.05, 0.1) is 11.2 Å². The van der Waals surface area contributed by atoms with E-state index in [1.54, 1.807) is 4.68 Å². The third-order valence-corrected chi connectivity index (χ3v) is 3.61. The molecule has 0 saturated heterocycles. The zero-order valence-corrected chi connectivity index (χ0v) is 10.5. The summed E-state index contributed by atoms with van der Waals surface area (Å²) in [6.45, 7) is 2.29. The van der Waals surface area contributed by atoms with Crippen molar-refractivity contribution in [3.63, 3.8) is 0 Å². The molecule has 94 valence electrons. The lowest BCUT2D eigenvalue weighted by Crippen LogP contribution is -2.41. The topological polar surface area (TPSA) is 46.9 Å². The van der Waals surface area contributed by atoms with E-state index >= 15 is 0 Å². The fourth-order valence-electron chi connectivity index (χ4n) is 2.38. The number of benzene rings is 1. The minimum absolute atomic E-state index is 0.0629. The first-order chi connectivity index (χ1) is 8.74. The Balaban J connectivity index is 1.79. The molecule has 1 aliphatic rings. The summed E-state index contributed by atoms with van der Waals surface area (Å²) in [4.78, 5) is 11.9. The van der Waals surface area contributed by atoms with Gasteiger partial charge in [0.15, 0.2) is 0 Å². The van der Waals surface area contributed by atoms with Crippen molar-refractivity contribution in [2.75, 3.05) is 0 Å². The summed E-state index contributed by atoms with van der Waals surface area (Å²) in [5, 5.41) is 8.60. The Morgan fingerprint density at radius 3 is 2.94 bits per heavy atom. The Bertz CT molecular complexity index is 584. The van der Waals surface area contributed by atoms with Gasteiger partial charge < -0.3 is 5.32 Å². The fourth-order valence-corrected chi connectivity index (χ4v) is 2.38. The van der Waals surface area contributed by atoms with Crippen molar-refractivity contribution in [3.05, 3.63) is 30.0 Å². The quantitative estimate of drug-likeness (QED) is 0.896. The highest BCUT2D eigenvalue weighted by Crippen LogP contribution is 2.19. The molecule has 18 heavy (non-hydrogen) atoms. The van der Waals surface area contributed by atoms with Crippen molar-refractivity contribution >= 4 is 16.8 Å². The molecular formula is C14H17N3O. The molecular weight excluding hydrogens is 226 g/mol. The van der Waals surface area contributed by atoms with Crippen LogP contribution in [0.3, 0.4) is 0 Å². The second-order valence-electron chi connectivity index (χ2n) is 4.96. The first-order valence-corrected chi connectivity index (χ1v) is 6.45. The zero-order chi connectivity index (χ0) is 12.5. The van der Waals surface area contributed by atoms with Crippen molar-refractivity contribution in [1.82, 2.24) is 15.1 Å². The van der Waals surface area contributed by atoms with Gasteiger partial charge in [0.1, 0.15) is 6.54 Å². The first-order valence-electron chi connectivity index (χ1n) is 6.45. The predicted molar refractivity (Wildman–Crippen MR) is 70.3 cm³/mol. The highest BCUT2D eigenvalue weighted by molar-refractivity contribution is 5.84. The van der Waals surface area contributed by atoms with Gasteiger partial charge in [-0.25, -0.2) is 0 Å². The fraction of sp³-hybridized carbons (Fsp3) is 0.429. The van der Waals surface area contributed by atoms with Crippen molar-refractivity contribution in [2.45, 2.75) is 38.8 Å². The first kappa shape index (κ1) is 11.3. The molecule has 1 saturated carbocycles. The van der Waals surface area contributed by atoms with Crippen LogP contribution in [-0.4, -0.2) is 21.7 Å². The van der Waals surface area contributed by atoms with Gasteiger partial charge in [0.2, 0.25) is 5.91 Å². The molecule has 1 N–H and O–H groups in total. The number of amides is 1. The van der Waals surface area contributed by atoms with Crippen molar-refractivity contribution in [1.29, 1.82) is 0 Å². The third kappa shape index (κ3) is 1.98. The molecule has 2 aromatic rings. The van der Waals surface area contributed by atoms with Crippen molar-refractivity contribution in [3.8, 4) is 0 Å². The van der Waals surface area contributed by atoms with Crippen LogP contribution in [0.25, 0.3) is 10.9 Å². The minimum Gasteiger partial charge on any atom is -0.352 e. The molecule has 4 nitrogen and oxygen atoms in total. The van der Waals surface area contributed by atoms with E-state index in [2.05, 4.69) is 10.4 Å². The molecule has 0 atom stereocenters. The Morgan fingerprint density at radius 2 is 2.22 bits per heavy atom. The van der Waals surface area contributed by atoms with Crippen LogP contribution < -0.4 is 5.32 Å². The Morgan fingerprint density at radius 1 is 1.44 bits per heavy atom. The number of para-hydroxylation sites is 1. The molecule has 3 rings (SSSR count). The lowest BCUT2D eigenvalue weighted by molar-refractivity contribution is -0.123. The van der Waals surface area contributed by atoms with Gasteiger partial charge in [0, 0.05) is 11.4 Å². The Hall–Kier alpha value is -1.84. The molecule has 0 unspecified atom stereocenters. The molecule has 1 aromatic carbocycles. The number of carbonyl (C=O) groups is 1. The van der Waals surface area contributed by atoms with E-state index in [0.717, 1.165) is 29.4 Å². The summed E-state index contributed by atoms with van der Waals surface area (Å²) in [6, 6.07) is 8.41. The van der Waals surface area contributed by atoms with Gasteiger partial charge in [-0.3, -0.25) is 9.48 Å². The molecule has 1 fully saturated rings. The maximum absolute atomic E-state index is 11.9. The normalized spacial score (nSPS) is 15.6. The zero-order valence-electron chi connectivity index (χ0n) is 10.5. The van der Waals surface area contributed by atoms with Gasteiger partial charge in [-0.15, -0.1) is 0 Å². The van der Waals surface area contributed by atoms with Crippen LogP contribution in [0.2, 0.25) is 0 Å². The number of aromatic nitrogens is 2. The highest BCUT2D eigenvalue weighted by atomic mass is 16.2. The van der Waals surface area contributed by atoms with Crippen LogP contribution in [0.1, 0.15) is 25.0 Å². The molecule has 1 aliphatic carbocycles. The lowest BCUT2D eigenvalue weighted by atomic mass is 9.93. The summed E-state index contributed by atoms with van der Waals surface area (Å²) in [7, 11) is 0. The maximum atomic E-state index is 11.9. The van der Waals surface area contributed by atoms with Crippen LogP contribution >= 0.6 is 0 Å². The number of carbonyl (C=O) groups excluding carboxylic acids is 1. The third-order valence-electron chi connectivity index (χ3n) is 3.61. The Labute approximate surface area is 106 Å². The second kappa shape index (κ2) is 4.44. The molecule has 0 radical (unpaired) electrons. The number of nitrogens with zero attached hydrogens (tertiary/aromatic N) is 2. The van der Waals surface area contributed by atoms with E-state index in [-0.39, 0.29) is 5.91 Å². The molecule has 1 heterocycles. The van der Waals surface area contributed by atoms with E-state index in [4.69, 9.17) is 0 Å². The maximum Gasteiger partial charge on any atom is 0.241 e. The van der Waals surface area contributed by atoms with E-state index in [1.165, 1.54) is 6.42 Å². The molecule has 1 amide bonds. The molecule has 1 aromatic heterocycles. The van der Waals surface area contributed by atoms with Crippen molar-refractivity contribution < 1.29 is 4.79 Å². The van der Waals surface area contributed by atoms with Crippen LogP contribution in [0.5, 0.6) is 0 Å². The second-order valence-corrected chi connectivity index (χ2v) is 4.96. The molecule has 4 heteroatoms. The number of hydrogen-bond donors (Lipinski definition) is 1. The standard InChI is InChI=1S/C14H17N3O/c1-10-12-7-2-3-8-13(12)17(16-10)9-14(18)15-11-5-4-6-11/h2-3,7-8,11H,4-6,9H2,1H3,(H,15,18). The smallest absolute Gasteiger partial charge is 0.241 e. The highest BCUT2D eigenvalue weighted by Gasteiger charge is 2.20. The van der Waals surface area contributed by atoms with Gasteiger partial charge in [-0.2, -0.15) is 5.10 Å². The van der Waals surface area contributed by atoms with Crippen LogP contribution in [-0.2, 0) is 11.3 Å². The number of hydrogen-bond acceptors (Lipinski definition) is 2. The molecule has 0 spiro atoms. The molecule has 0 aliphatic heterocycles. The number of rotatable bonds is 3. The Kier molecular flexibility index (Phi) is 2.78. The van der Waals surface area contributed by atoms with Gasteiger partial charge >= 0.3 is 0 Å². The minimum atomic E-state index is 0.0629. The number of nitrogens with one attached hydrogen (secondary N) is 1. The van der Waals surface area contributed by atoms with Gasteiger partial charge in [0.25, 0.3) is 0 Å².